The summed E-state index contributed by atoms with van der Waals surface area (Å²) >= 11 is 0. The molecule has 2 unspecified atom stereocenters. The highest BCUT2D eigenvalue weighted by molar-refractivity contribution is 5.43. The molecule has 2 N–H and O–H groups in total. The van der Waals surface area contributed by atoms with Gasteiger partial charge in [0, 0.05) is 11.6 Å². The Labute approximate surface area is 115 Å². The monoisotopic (exact) mass is 264 g/mol. The third-order valence-corrected chi connectivity index (χ3v) is 3.83. The van der Waals surface area contributed by atoms with Crippen LogP contribution >= 0.6 is 0 Å². The van der Waals surface area contributed by atoms with Gasteiger partial charge in [0.2, 0.25) is 0 Å². The number of hydrogen-bond acceptors (Lipinski definition) is 4. The minimum absolute atomic E-state index is 0.241. The maximum Gasteiger partial charge on any atom is 0.123 e. The largest absolute Gasteiger partial charge is 0.497 e. The molecule has 0 radical (unpaired) electrons. The standard InChI is InChI=1S/C15H24N2O2/c1-16-15(13-6-4-5-9-17-13)12-10-11(18-2)7-8-14(12)19-3/h7-8,10,13,15-17H,4-6,9H2,1-3H3. The van der Waals surface area contributed by atoms with Crippen LogP contribution in [0.5, 0.6) is 11.5 Å². The quantitative estimate of drug-likeness (QED) is 0.855. The lowest BCUT2D eigenvalue weighted by Gasteiger charge is -2.32. The normalized spacial score (nSPS) is 20.9. The van der Waals surface area contributed by atoms with E-state index in [9.17, 15) is 0 Å². The number of hydrogen-bond donors (Lipinski definition) is 2. The van der Waals surface area contributed by atoms with E-state index in [4.69, 9.17) is 9.47 Å². The predicted molar refractivity (Wildman–Crippen MR) is 77.0 cm³/mol. The Hall–Kier alpha value is -1.26. The number of methoxy groups -OCH3 is 2. The Morgan fingerprint density at radius 2 is 2.11 bits per heavy atom. The Bertz CT molecular complexity index is 403. The molecule has 1 saturated heterocycles. The average molecular weight is 264 g/mol. The van der Waals surface area contributed by atoms with Crippen molar-refractivity contribution in [1.82, 2.24) is 10.6 Å². The lowest BCUT2D eigenvalue weighted by molar-refractivity contribution is 0.315. The van der Waals surface area contributed by atoms with Crippen LogP contribution in [0.3, 0.4) is 0 Å². The van der Waals surface area contributed by atoms with E-state index in [2.05, 4.69) is 16.7 Å². The Kier molecular flexibility index (Phi) is 5.05. The number of piperidine rings is 1. The van der Waals surface area contributed by atoms with Crippen LogP contribution in [0.15, 0.2) is 18.2 Å². The molecule has 0 spiro atoms. The molecule has 0 aromatic heterocycles. The minimum Gasteiger partial charge on any atom is -0.497 e. The van der Waals surface area contributed by atoms with Crippen LogP contribution in [0.25, 0.3) is 0 Å². The van der Waals surface area contributed by atoms with E-state index in [0.717, 1.165) is 23.6 Å². The van der Waals surface area contributed by atoms with E-state index >= 15 is 0 Å². The first-order chi connectivity index (χ1) is 9.30. The van der Waals surface area contributed by atoms with Gasteiger partial charge in [-0.3, -0.25) is 0 Å². The molecule has 1 aromatic rings. The van der Waals surface area contributed by atoms with Gasteiger partial charge in [-0.05, 0) is 44.6 Å². The second-order valence-electron chi connectivity index (χ2n) is 4.93. The Balaban J connectivity index is 2.29. The fraction of sp³-hybridized carbons (Fsp3) is 0.600. The molecular weight excluding hydrogens is 240 g/mol. The summed E-state index contributed by atoms with van der Waals surface area (Å²) in [6, 6.07) is 6.66. The van der Waals surface area contributed by atoms with Crippen LogP contribution in [0.4, 0.5) is 0 Å². The van der Waals surface area contributed by atoms with Crippen LogP contribution in [0.2, 0.25) is 0 Å². The third kappa shape index (κ3) is 3.19. The van der Waals surface area contributed by atoms with E-state index in [1.165, 1.54) is 19.3 Å². The van der Waals surface area contributed by atoms with Crippen LogP contribution < -0.4 is 20.1 Å². The number of rotatable bonds is 5. The first kappa shape index (κ1) is 14.2. The molecule has 2 atom stereocenters. The summed E-state index contributed by atoms with van der Waals surface area (Å²) in [5.74, 6) is 1.78. The van der Waals surface area contributed by atoms with Gasteiger partial charge >= 0.3 is 0 Å². The molecule has 0 bridgehead atoms. The molecule has 1 aromatic carbocycles. The highest BCUT2D eigenvalue weighted by atomic mass is 16.5. The van der Waals surface area contributed by atoms with Crippen molar-refractivity contribution in [2.45, 2.75) is 31.3 Å². The first-order valence-electron chi connectivity index (χ1n) is 6.92. The van der Waals surface area contributed by atoms with Gasteiger partial charge in [-0.25, -0.2) is 0 Å². The minimum atomic E-state index is 0.241. The maximum atomic E-state index is 5.50. The molecule has 2 rings (SSSR count). The molecule has 1 heterocycles. The van der Waals surface area contributed by atoms with Crippen molar-refractivity contribution in [1.29, 1.82) is 0 Å². The number of benzene rings is 1. The van der Waals surface area contributed by atoms with Gasteiger partial charge < -0.3 is 20.1 Å². The third-order valence-electron chi connectivity index (χ3n) is 3.83. The van der Waals surface area contributed by atoms with Crippen molar-refractivity contribution >= 4 is 0 Å². The zero-order chi connectivity index (χ0) is 13.7. The molecule has 1 aliphatic rings. The van der Waals surface area contributed by atoms with Crippen molar-refractivity contribution in [2.24, 2.45) is 0 Å². The highest BCUT2D eigenvalue weighted by Gasteiger charge is 2.26. The molecule has 106 valence electrons. The lowest BCUT2D eigenvalue weighted by Crippen LogP contribution is -2.43. The molecule has 1 aliphatic heterocycles. The van der Waals surface area contributed by atoms with E-state index in [1.54, 1.807) is 14.2 Å². The van der Waals surface area contributed by atoms with Gasteiger partial charge in [-0.15, -0.1) is 0 Å². The summed E-state index contributed by atoms with van der Waals surface area (Å²) in [5, 5.41) is 7.01. The van der Waals surface area contributed by atoms with E-state index in [1.807, 2.05) is 19.2 Å². The summed E-state index contributed by atoms with van der Waals surface area (Å²) in [7, 11) is 5.41. The zero-order valence-electron chi connectivity index (χ0n) is 12.0. The first-order valence-corrected chi connectivity index (χ1v) is 6.92. The maximum absolute atomic E-state index is 5.50. The van der Waals surface area contributed by atoms with Gasteiger partial charge in [-0.1, -0.05) is 6.42 Å². The molecule has 4 nitrogen and oxygen atoms in total. The van der Waals surface area contributed by atoms with Crippen molar-refractivity contribution in [3.05, 3.63) is 23.8 Å². The molecule has 4 heteroatoms. The van der Waals surface area contributed by atoms with E-state index in [0.29, 0.717) is 6.04 Å². The molecule has 19 heavy (non-hydrogen) atoms. The number of ether oxygens (including phenoxy) is 2. The van der Waals surface area contributed by atoms with Crippen LogP contribution in [-0.4, -0.2) is 33.9 Å². The van der Waals surface area contributed by atoms with Gasteiger partial charge in [0.05, 0.1) is 20.3 Å². The number of nitrogens with one attached hydrogen (secondary N) is 2. The SMILES string of the molecule is CNC(c1cc(OC)ccc1OC)C1CCCCN1. The molecule has 0 aliphatic carbocycles. The van der Waals surface area contributed by atoms with Gasteiger partial charge in [0.15, 0.2) is 0 Å². The zero-order valence-corrected chi connectivity index (χ0v) is 12.0. The highest BCUT2D eigenvalue weighted by Crippen LogP contribution is 2.32. The van der Waals surface area contributed by atoms with Crippen LogP contribution in [0, 0.1) is 0 Å². The second-order valence-corrected chi connectivity index (χ2v) is 4.93. The number of likely N-dealkylation sites (N-methyl/N-ethyl adjacent to an activating group) is 1. The van der Waals surface area contributed by atoms with Crippen molar-refractivity contribution in [3.63, 3.8) is 0 Å². The van der Waals surface area contributed by atoms with Crippen molar-refractivity contribution in [3.8, 4) is 11.5 Å². The lowest BCUT2D eigenvalue weighted by atomic mass is 9.92. The topological polar surface area (TPSA) is 42.5 Å². The summed E-state index contributed by atoms with van der Waals surface area (Å²) < 4.78 is 10.8. The predicted octanol–water partition coefficient (Wildman–Crippen LogP) is 2.11. The summed E-state index contributed by atoms with van der Waals surface area (Å²) in [6.45, 7) is 1.09. The van der Waals surface area contributed by atoms with E-state index in [-0.39, 0.29) is 6.04 Å². The Morgan fingerprint density at radius 1 is 1.26 bits per heavy atom. The molecular formula is C15H24N2O2. The van der Waals surface area contributed by atoms with Gasteiger partial charge in [0.25, 0.3) is 0 Å². The summed E-state index contributed by atoms with van der Waals surface area (Å²) in [6.07, 6.45) is 3.73. The summed E-state index contributed by atoms with van der Waals surface area (Å²) in [5.41, 5.74) is 1.16. The molecule has 0 saturated carbocycles. The van der Waals surface area contributed by atoms with Crippen LogP contribution in [-0.2, 0) is 0 Å². The second kappa shape index (κ2) is 6.78. The van der Waals surface area contributed by atoms with Gasteiger partial charge in [0.1, 0.15) is 11.5 Å². The fourth-order valence-electron chi connectivity index (χ4n) is 2.82. The molecule has 0 amide bonds. The smallest absolute Gasteiger partial charge is 0.123 e. The molecule has 1 fully saturated rings. The Morgan fingerprint density at radius 3 is 2.68 bits per heavy atom. The van der Waals surface area contributed by atoms with Crippen LogP contribution in [0.1, 0.15) is 30.9 Å². The van der Waals surface area contributed by atoms with Crippen molar-refractivity contribution < 1.29 is 9.47 Å². The average Bonchev–Trinajstić information content (AvgIpc) is 2.49. The van der Waals surface area contributed by atoms with Gasteiger partial charge in [-0.2, -0.15) is 0 Å². The fourth-order valence-corrected chi connectivity index (χ4v) is 2.82. The summed E-state index contributed by atoms with van der Waals surface area (Å²) in [4.78, 5) is 0. The van der Waals surface area contributed by atoms with E-state index < -0.39 is 0 Å². The van der Waals surface area contributed by atoms with Crippen molar-refractivity contribution in [2.75, 3.05) is 27.8 Å².